The van der Waals surface area contributed by atoms with Crippen molar-refractivity contribution in [2.75, 3.05) is 17.7 Å². The summed E-state index contributed by atoms with van der Waals surface area (Å²) in [4.78, 5) is 25.7. The summed E-state index contributed by atoms with van der Waals surface area (Å²) < 4.78 is 37.5. The van der Waals surface area contributed by atoms with Gasteiger partial charge in [-0.05, 0) is 24.5 Å². The van der Waals surface area contributed by atoms with Gasteiger partial charge in [-0.1, -0.05) is 0 Å². The molecule has 4 heterocycles. The Balaban J connectivity index is 1.64. The molecule has 4 bridgehead atoms. The monoisotopic (exact) mass is 431 g/mol. The Morgan fingerprint density at radius 2 is 2.19 bits per heavy atom. The number of anilines is 3. The summed E-state index contributed by atoms with van der Waals surface area (Å²) in [6.07, 6.45) is 4.24. The van der Waals surface area contributed by atoms with E-state index < -0.39 is 6.61 Å². The predicted molar refractivity (Wildman–Crippen MR) is 107 cm³/mol. The summed E-state index contributed by atoms with van der Waals surface area (Å²) in [5.41, 5.74) is 2.27. The molecule has 3 aromatic rings. The summed E-state index contributed by atoms with van der Waals surface area (Å²) in [5.74, 6) is 0.0236. The van der Waals surface area contributed by atoms with E-state index in [-0.39, 0.29) is 36.4 Å². The summed E-state index contributed by atoms with van der Waals surface area (Å²) in [5, 5.41) is 8.94. The SMILES string of the molecule is CNc1cc2nc3c1ncn3C(=O)N[C@@H]1CC[C@H]1OCc1cnc(OC(F)F)c(c1)N2. The van der Waals surface area contributed by atoms with E-state index in [4.69, 9.17) is 4.74 Å². The van der Waals surface area contributed by atoms with Gasteiger partial charge in [-0.2, -0.15) is 8.78 Å². The number of imidazole rings is 1. The van der Waals surface area contributed by atoms with Crippen LogP contribution < -0.4 is 20.7 Å². The Morgan fingerprint density at radius 1 is 1.32 bits per heavy atom. The van der Waals surface area contributed by atoms with Crippen molar-refractivity contribution in [2.24, 2.45) is 0 Å². The number of alkyl halides is 2. The van der Waals surface area contributed by atoms with Crippen LogP contribution in [0.4, 0.5) is 30.8 Å². The molecule has 0 saturated heterocycles. The first kappa shape index (κ1) is 19.4. The van der Waals surface area contributed by atoms with Gasteiger partial charge in [-0.15, -0.1) is 0 Å². The molecular weight excluding hydrogens is 412 g/mol. The molecule has 0 radical (unpaired) electrons. The molecule has 1 amide bonds. The third kappa shape index (κ3) is 3.58. The lowest BCUT2D eigenvalue weighted by Crippen LogP contribution is -2.52. The van der Waals surface area contributed by atoms with Crippen LogP contribution in [0, 0.1) is 0 Å². The van der Waals surface area contributed by atoms with Gasteiger partial charge in [-0.25, -0.2) is 24.3 Å². The molecule has 0 aromatic carbocycles. The molecule has 3 aromatic heterocycles. The van der Waals surface area contributed by atoms with Crippen LogP contribution in [0.3, 0.4) is 0 Å². The largest absolute Gasteiger partial charge is 0.415 e. The van der Waals surface area contributed by atoms with Crippen LogP contribution in [0.2, 0.25) is 0 Å². The molecular formula is C19H19F2N7O3. The number of hydrogen-bond acceptors (Lipinski definition) is 8. The Hall–Kier alpha value is -3.54. The van der Waals surface area contributed by atoms with Gasteiger partial charge in [0, 0.05) is 19.3 Å². The fourth-order valence-electron chi connectivity index (χ4n) is 3.64. The zero-order chi connectivity index (χ0) is 21.5. The third-order valence-corrected chi connectivity index (χ3v) is 5.35. The first-order valence-electron chi connectivity index (χ1n) is 9.71. The van der Waals surface area contributed by atoms with E-state index in [9.17, 15) is 13.6 Å². The number of aromatic nitrogens is 4. The van der Waals surface area contributed by atoms with Gasteiger partial charge in [0.25, 0.3) is 0 Å². The number of halogens is 2. The smallest absolute Gasteiger partial charge is 0.388 e. The number of amides is 1. The van der Waals surface area contributed by atoms with Crippen molar-refractivity contribution in [3.05, 3.63) is 30.2 Å². The maximum atomic E-state index is 12.9. The first-order valence-corrected chi connectivity index (χ1v) is 9.71. The third-order valence-electron chi connectivity index (χ3n) is 5.35. The van der Waals surface area contributed by atoms with Crippen molar-refractivity contribution in [3.63, 3.8) is 0 Å². The van der Waals surface area contributed by atoms with Crippen LogP contribution >= 0.6 is 0 Å². The average Bonchev–Trinajstić information content (AvgIpc) is 3.15. The fourth-order valence-corrected chi connectivity index (χ4v) is 3.64. The van der Waals surface area contributed by atoms with Gasteiger partial charge in [0.05, 0.1) is 24.4 Å². The van der Waals surface area contributed by atoms with E-state index in [0.29, 0.717) is 28.2 Å². The molecule has 0 spiro atoms. The van der Waals surface area contributed by atoms with Crippen LogP contribution in [0.15, 0.2) is 24.7 Å². The molecule has 31 heavy (non-hydrogen) atoms. The van der Waals surface area contributed by atoms with Crippen LogP contribution in [-0.4, -0.2) is 51.4 Å². The summed E-state index contributed by atoms with van der Waals surface area (Å²) in [7, 11) is 1.71. The number of ether oxygens (including phenoxy) is 2. The average molecular weight is 431 g/mol. The number of fused-ring (bicyclic) bond motifs is 4. The zero-order valence-electron chi connectivity index (χ0n) is 16.4. The van der Waals surface area contributed by atoms with Crippen molar-refractivity contribution in [3.8, 4) is 5.88 Å². The molecule has 5 rings (SSSR count). The van der Waals surface area contributed by atoms with Gasteiger partial charge in [0.15, 0.2) is 5.65 Å². The van der Waals surface area contributed by atoms with Gasteiger partial charge in [0.1, 0.15) is 23.3 Å². The second-order valence-electron chi connectivity index (χ2n) is 7.27. The van der Waals surface area contributed by atoms with Gasteiger partial charge in [-0.3, -0.25) is 0 Å². The number of pyridine rings is 2. The number of nitrogens with one attached hydrogen (secondary N) is 3. The fraction of sp³-hybridized carbons (Fsp3) is 0.368. The Labute approximate surface area is 175 Å². The normalized spacial score (nSPS) is 20.5. The molecule has 12 heteroatoms. The highest BCUT2D eigenvalue weighted by Gasteiger charge is 2.34. The minimum absolute atomic E-state index is 0.146. The topological polar surface area (TPSA) is 115 Å². The predicted octanol–water partition coefficient (Wildman–Crippen LogP) is 2.83. The van der Waals surface area contributed by atoms with Crippen molar-refractivity contribution in [2.45, 2.75) is 38.2 Å². The minimum atomic E-state index is -3.04. The van der Waals surface area contributed by atoms with Crippen molar-refractivity contribution in [1.82, 2.24) is 24.8 Å². The Bertz CT molecular complexity index is 1150. The van der Waals surface area contributed by atoms with E-state index in [0.717, 1.165) is 12.8 Å². The number of nitrogens with zero attached hydrogens (tertiary/aromatic N) is 4. The summed E-state index contributed by atoms with van der Waals surface area (Å²) in [6.45, 7) is -2.83. The maximum Gasteiger partial charge on any atom is 0.388 e. The quantitative estimate of drug-likeness (QED) is 0.580. The molecule has 1 saturated carbocycles. The summed E-state index contributed by atoms with van der Waals surface area (Å²) in [6, 6.07) is 2.77. The van der Waals surface area contributed by atoms with E-state index >= 15 is 0 Å². The minimum Gasteiger partial charge on any atom is -0.415 e. The number of carbonyl (C=O) groups is 1. The highest BCUT2D eigenvalue weighted by molar-refractivity contribution is 5.94. The highest BCUT2D eigenvalue weighted by Crippen LogP contribution is 2.32. The molecule has 1 aliphatic carbocycles. The van der Waals surface area contributed by atoms with E-state index in [1.54, 1.807) is 19.2 Å². The van der Waals surface area contributed by atoms with Gasteiger partial charge >= 0.3 is 12.6 Å². The molecule has 0 unspecified atom stereocenters. The maximum absolute atomic E-state index is 12.9. The lowest BCUT2D eigenvalue weighted by Gasteiger charge is -2.36. The van der Waals surface area contributed by atoms with E-state index in [1.165, 1.54) is 17.1 Å². The zero-order valence-corrected chi connectivity index (χ0v) is 16.4. The number of rotatable bonds is 3. The van der Waals surface area contributed by atoms with Crippen LogP contribution in [-0.2, 0) is 11.3 Å². The molecule has 2 atom stereocenters. The second kappa shape index (κ2) is 7.61. The summed E-state index contributed by atoms with van der Waals surface area (Å²) >= 11 is 0. The number of carbonyl (C=O) groups excluding carboxylic acids is 1. The van der Waals surface area contributed by atoms with Crippen LogP contribution in [0.25, 0.3) is 11.2 Å². The molecule has 10 nitrogen and oxygen atoms in total. The van der Waals surface area contributed by atoms with E-state index in [1.807, 2.05) is 0 Å². The lowest BCUT2D eigenvalue weighted by molar-refractivity contribution is -0.0524. The second-order valence-corrected chi connectivity index (χ2v) is 7.27. The molecule has 3 N–H and O–H groups in total. The Morgan fingerprint density at radius 3 is 2.94 bits per heavy atom. The van der Waals surface area contributed by atoms with Crippen molar-refractivity contribution < 1.29 is 23.0 Å². The molecule has 1 fully saturated rings. The first-order chi connectivity index (χ1) is 15.0. The lowest BCUT2D eigenvalue weighted by atomic mass is 9.89. The van der Waals surface area contributed by atoms with Crippen LogP contribution in [0.5, 0.6) is 5.88 Å². The van der Waals surface area contributed by atoms with Gasteiger partial charge < -0.3 is 25.4 Å². The van der Waals surface area contributed by atoms with Gasteiger partial charge in [0.2, 0.25) is 5.88 Å². The standard InChI is InChI=1S/C19H19F2N7O3/c1-22-11-5-14-25-12-4-9(6-23-17(12)31-18(20)21)7-30-13-3-2-10(13)26-19(29)28-8-24-15(11)16(28)27-14/h4-6,8,10,13,18H,2-3,7H2,1H3,(H,26,29)(H2,22,25,27)/t10-,13-/m1/s1. The molecule has 1 aliphatic heterocycles. The molecule has 162 valence electrons. The highest BCUT2D eigenvalue weighted by atomic mass is 19.3. The van der Waals surface area contributed by atoms with Crippen molar-refractivity contribution in [1.29, 1.82) is 0 Å². The van der Waals surface area contributed by atoms with Crippen LogP contribution in [0.1, 0.15) is 18.4 Å². The number of hydrogen-bond donors (Lipinski definition) is 3. The van der Waals surface area contributed by atoms with E-state index in [2.05, 4.69) is 35.6 Å². The molecule has 2 aliphatic rings. The Kier molecular flexibility index (Phi) is 4.77. The van der Waals surface area contributed by atoms with Crippen molar-refractivity contribution >= 4 is 34.4 Å².